The molecular weight excluding hydrogens is 420 g/mol. The number of rotatable bonds is 7. The Morgan fingerprint density at radius 2 is 1.88 bits per heavy atom. The molecule has 0 aliphatic carbocycles. The van der Waals surface area contributed by atoms with E-state index in [0.29, 0.717) is 17.3 Å². The van der Waals surface area contributed by atoms with Crippen molar-refractivity contribution in [1.82, 2.24) is 19.3 Å². The van der Waals surface area contributed by atoms with E-state index in [1.165, 1.54) is 23.5 Å². The van der Waals surface area contributed by atoms with E-state index in [0.717, 1.165) is 16.5 Å². The summed E-state index contributed by atoms with van der Waals surface area (Å²) < 4.78 is 3.51. The Bertz CT molecular complexity index is 1250. The minimum Gasteiger partial charge on any atom is -0.309 e. The first kappa shape index (κ1) is 21.4. The Balaban J connectivity index is 1.47. The van der Waals surface area contributed by atoms with Gasteiger partial charge in [-0.3, -0.25) is 9.36 Å². The van der Waals surface area contributed by atoms with Crippen LogP contribution in [-0.2, 0) is 4.79 Å². The molecule has 4 aromatic rings. The van der Waals surface area contributed by atoms with Crippen LogP contribution in [0.15, 0.2) is 78.3 Å². The SMILES string of the molecule is CC(C)c1ccc(-n2ccnc2SCC(=O)Nc2c(C#N)cnn2-c2ccccc2)cc1. The fourth-order valence-electron chi connectivity index (χ4n) is 3.23. The van der Waals surface area contributed by atoms with Crippen LogP contribution in [0.1, 0.15) is 30.9 Å². The normalized spacial score (nSPS) is 10.8. The standard InChI is InChI=1S/C24H22N6OS/c1-17(2)18-8-10-20(11-9-18)29-13-12-26-24(29)32-16-22(31)28-23-19(14-25)15-27-30(23)21-6-4-3-5-7-21/h3-13,15,17H,16H2,1-2H3,(H,28,31). The molecule has 1 N–H and O–H groups in total. The van der Waals surface area contributed by atoms with Crippen molar-refractivity contribution >= 4 is 23.5 Å². The van der Waals surface area contributed by atoms with Gasteiger partial charge in [0.25, 0.3) is 0 Å². The zero-order valence-corrected chi connectivity index (χ0v) is 18.6. The lowest BCUT2D eigenvalue weighted by atomic mass is 10.0. The largest absolute Gasteiger partial charge is 0.309 e. The summed E-state index contributed by atoms with van der Waals surface area (Å²) in [6, 6.07) is 19.8. The molecule has 0 saturated heterocycles. The van der Waals surface area contributed by atoms with Crippen molar-refractivity contribution in [1.29, 1.82) is 5.26 Å². The molecule has 0 spiro atoms. The molecule has 4 rings (SSSR count). The summed E-state index contributed by atoms with van der Waals surface area (Å²) in [7, 11) is 0. The first-order valence-electron chi connectivity index (χ1n) is 10.2. The number of thioether (sulfide) groups is 1. The molecule has 0 fully saturated rings. The van der Waals surface area contributed by atoms with E-state index in [2.05, 4.69) is 59.6 Å². The number of imidazole rings is 1. The van der Waals surface area contributed by atoms with Gasteiger partial charge in [0.15, 0.2) is 11.0 Å². The molecule has 0 radical (unpaired) electrons. The summed E-state index contributed by atoms with van der Waals surface area (Å²) in [5.41, 5.74) is 3.32. The van der Waals surface area contributed by atoms with Crippen LogP contribution in [0, 0.1) is 11.3 Å². The highest BCUT2D eigenvalue weighted by Gasteiger charge is 2.16. The maximum Gasteiger partial charge on any atom is 0.236 e. The van der Waals surface area contributed by atoms with Crippen molar-refractivity contribution in [2.45, 2.75) is 24.9 Å². The fraction of sp³-hybridized carbons (Fsp3) is 0.167. The predicted octanol–water partition coefficient (Wildman–Crippen LogP) is 4.78. The summed E-state index contributed by atoms with van der Waals surface area (Å²) in [5, 5.41) is 17.2. The number of aromatic nitrogens is 4. The number of anilines is 1. The number of nitrogens with zero attached hydrogens (tertiary/aromatic N) is 5. The van der Waals surface area contributed by atoms with Crippen LogP contribution in [0.25, 0.3) is 11.4 Å². The number of carbonyl (C=O) groups excluding carboxylic acids is 1. The summed E-state index contributed by atoms with van der Waals surface area (Å²) in [4.78, 5) is 17.1. The van der Waals surface area contributed by atoms with E-state index in [1.807, 2.05) is 41.1 Å². The Labute approximate surface area is 190 Å². The number of hydrogen-bond donors (Lipinski definition) is 1. The summed E-state index contributed by atoms with van der Waals surface area (Å²) in [6.07, 6.45) is 5.04. The van der Waals surface area contributed by atoms with E-state index < -0.39 is 0 Å². The smallest absolute Gasteiger partial charge is 0.236 e. The van der Waals surface area contributed by atoms with Crippen LogP contribution < -0.4 is 5.32 Å². The maximum atomic E-state index is 12.7. The molecule has 0 unspecified atom stereocenters. The van der Waals surface area contributed by atoms with Crippen LogP contribution in [0.3, 0.4) is 0 Å². The molecule has 2 aromatic heterocycles. The van der Waals surface area contributed by atoms with Crippen molar-refractivity contribution in [3.63, 3.8) is 0 Å². The third kappa shape index (κ3) is 4.58. The van der Waals surface area contributed by atoms with E-state index in [-0.39, 0.29) is 11.7 Å². The predicted molar refractivity (Wildman–Crippen MR) is 125 cm³/mol. The van der Waals surface area contributed by atoms with Crippen LogP contribution in [-0.4, -0.2) is 31.0 Å². The second-order valence-electron chi connectivity index (χ2n) is 7.43. The average molecular weight is 443 g/mol. The highest BCUT2D eigenvalue weighted by Crippen LogP contribution is 2.24. The van der Waals surface area contributed by atoms with Crippen molar-refractivity contribution < 1.29 is 4.79 Å². The van der Waals surface area contributed by atoms with E-state index >= 15 is 0 Å². The Kier molecular flexibility index (Phi) is 6.38. The lowest BCUT2D eigenvalue weighted by molar-refractivity contribution is -0.113. The number of hydrogen-bond acceptors (Lipinski definition) is 5. The van der Waals surface area contributed by atoms with E-state index in [9.17, 15) is 10.1 Å². The summed E-state index contributed by atoms with van der Waals surface area (Å²) in [6.45, 7) is 4.32. The average Bonchev–Trinajstić information content (AvgIpc) is 3.45. The zero-order chi connectivity index (χ0) is 22.5. The third-order valence-corrected chi connectivity index (χ3v) is 5.89. The first-order valence-corrected chi connectivity index (χ1v) is 11.1. The van der Waals surface area contributed by atoms with Gasteiger partial charge in [-0.1, -0.05) is 55.9 Å². The molecule has 2 heterocycles. The number of benzene rings is 2. The monoisotopic (exact) mass is 442 g/mol. The molecule has 0 saturated carbocycles. The van der Waals surface area contributed by atoms with Gasteiger partial charge in [0.2, 0.25) is 5.91 Å². The quantitative estimate of drug-likeness (QED) is 0.416. The highest BCUT2D eigenvalue weighted by molar-refractivity contribution is 7.99. The molecule has 1 amide bonds. The zero-order valence-electron chi connectivity index (χ0n) is 17.8. The number of carbonyl (C=O) groups is 1. The van der Waals surface area contributed by atoms with Gasteiger partial charge < -0.3 is 5.32 Å². The molecule has 160 valence electrons. The van der Waals surface area contributed by atoms with Gasteiger partial charge in [-0.15, -0.1) is 0 Å². The molecule has 0 aliphatic rings. The molecule has 0 atom stereocenters. The number of nitriles is 1. The summed E-state index contributed by atoms with van der Waals surface area (Å²) >= 11 is 1.33. The van der Waals surface area contributed by atoms with Crippen molar-refractivity contribution in [2.24, 2.45) is 0 Å². The first-order chi connectivity index (χ1) is 15.6. The van der Waals surface area contributed by atoms with Gasteiger partial charge in [-0.05, 0) is 35.7 Å². The Morgan fingerprint density at radius 3 is 2.56 bits per heavy atom. The van der Waals surface area contributed by atoms with Crippen LogP contribution >= 0.6 is 11.8 Å². The van der Waals surface area contributed by atoms with Gasteiger partial charge in [0.05, 0.1) is 17.6 Å². The highest BCUT2D eigenvalue weighted by atomic mass is 32.2. The van der Waals surface area contributed by atoms with E-state index in [4.69, 9.17) is 0 Å². The second kappa shape index (κ2) is 9.54. The van der Waals surface area contributed by atoms with Gasteiger partial charge >= 0.3 is 0 Å². The van der Waals surface area contributed by atoms with Gasteiger partial charge in [-0.2, -0.15) is 10.4 Å². The maximum absolute atomic E-state index is 12.7. The molecule has 8 heteroatoms. The molecular formula is C24H22N6OS. The van der Waals surface area contributed by atoms with Crippen LogP contribution in [0.5, 0.6) is 0 Å². The Hall–Kier alpha value is -3.83. The van der Waals surface area contributed by atoms with Crippen molar-refractivity contribution in [2.75, 3.05) is 11.1 Å². The molecule has 2 aromatic carbocycles. The lowest BCUT2D eigenvalue weighted by Crippen LogP contribution is -2.18. The fourth-order valence-corrected chi connectivity index (χ4v) is 4.00. The molecule has 0 aliphatic heterocycles. The van der Waals surface area contributed by atoms with Crippen molar-refractivity contribution in [3.8, 4) is 17.4 Å². The van der Waals surface area contributed by atoms with Gasteiger partial charge in [-0.25, -0.2) is 9.67 Å². The lowest BCUT2D eigenvalue weighted by Gasteiger charge is -2.11. The molecule has 0 bridgehead atoms. The topological polar surface area (TPSA) is 88.5 Å². The summed E-state index contributed by atoms with van der Waals surface area (Å²) in [5.74, 6) is 0.726. The van der Waals surface area contributed by atoms with Gasteiger partial charge in [0, 0.05) is 18.1 Å². The minimum absolute atomic E-state index is 0.145. The van der Waals surface area contributed by atoms with Crippen LogP contribution in [0.4, 0.5) is 5.82 Å². The minimum atomic E-state index is -0.242. The second-order valence-corrected chi connectivity index (χ2v) is 8.37. The van der Waals surface area contributed by atoms with E-state index in [1.54, 1.807) is 10.9 Å². The van der Waals surface area contributed by atoms with Gasteiger partial charge in [0.1, 0.15) is 11.6 Å². The number of nitrogens with one attached hydrogen (secondary N) is 1. The molecule has 32 heavy (non-hydrogen) atoms. The number of para-hydroxylation sites is 1. The number of amides is 1. The van der Waals surface area contributed by atoms with Crippen molar-refractivity contribution in [3.05, 3.63) is 84.3 Å². The Morgan fingerprint density at radius 1 is 1.12 bits per heavy atom. The third-order valence-electron chi connectivity index (χ3n) is 4.93. The molecule has 7 nitrogen and oxygen atoms in total. The van der Waals surface area contributed by atoms with Crippen LogP contribution in [0.2, 0.25) is 0 Å².